The number of hydrogen-bond acceptors (Lipinski definition) is 4. The molecular formula is C14H15N3O. The molecular weight excluding hydrogens is 226 g/mol. The van der Waals surface area contributed by atoms with Crippen LogP contribution in [-0.4, -0.2) is 16.5 Å². The molecule has 2 N–H and O–H groups in total. The minimum absolute atomic E-state index is 0.514. The molecule has 2 aromatic rings. The highest BCUT2D eigenvalue weighted by Crippen LogP contribution is 2.20. The van der Waals surface area contributed by atoms with Crippen LogP contribution in [0.5, 0.6) is 0 Å². The Hall–Kier alpha value is -2.20. The maximum atomic E-state index is 5.61. The van der Waals surface area contributed by atoms with E-state index in [1.807, 2.05) is 31.2 Å². The van der Waals surface area contributed by atoms with Crippen LogP contribution in [-0.2, 0) is 0 Å². The predicted octanol–water partition coefficient (Wildman–Crippen LogP) is 2.70. The van der Waals surface area contributed by atoms with Crippen molar-refractivity contribution in [2.45, 2.75) is 6.92 Å². The van der Waals surface area contributed by atoms with Crippen molar-refractivity contribution in [2.24, 2.45) is 5.73 Å². The highest BCUT2D eigenvalue weighted by atomic mass is 16.3. The van der Waals surface area contributed by atoms with Crippen LogP contribution in [0.3, 0.4) is 0 Å². The molecule has 0 aromatic carbocycles. The molecule has 92 valence electrons. The summed E-state index contributed by atoms with van der Waals surface area (Å²) in [4.78, 5) is 8.44. The molecule has 2 aromatic heterocycles. The second kappa shape index (κ2) is 5.42. The molecule has 0 bridgehead atoms. The van der Waals surface area contributed by atoms with Gasteiger partial charge in [0, 0.05) is 18.3 Å². The van der Waals surface area contributed by atoms with Crippen LogP contribution in [0.4, 0.5) is 0 Å². The van der Waals surface area contributed by atoms with E-state index in [9.17, 15) is 0 Å². The standard InChI is InChI=1S/C14H15N3O/c1-3-11(7-6-10(2)9-15)14-17-13-12(18-14)5-4-8-16-13/h3-8H,1,9,15H2,2H3/b10-6+,11-7+. The highest BCUT2D eigenvalue weighted by molar-refractivity contribution is 5.75. The minimum Gasteiger partial charge on any atom is -0.434 e. The first-order valence-electron chi connectivity index (χ1n) is 5.66. The van der Waals surface area contributed by atoms with Gasteiger partial charge in [-0.2, -0.15) is 4.98 Å². The molecule has 0 aliphatic heterocycles. The molecule has 0 saturated heterocycles. The molecule has 0 saturated carbocycles. The number of fused-ring (bicyclic) bond motifs is 1. The lowest BCUT2D eigenvalue weighted by Crippen LogP contribution is -1.98. The van der Waals surface area contributed by atoms with Gasteiger partial charge in [0.05, 0.1) is 0 Å². The highest BCUT2D eigenvalue weighted by Gasteiger charge is 2.07. The summed E-state index contributed by atoms with van der Waals surface area (Å²) in [5, 5.41) is 0. The van der Waals surface area contributed by atoms with Gasteiger partial charge >= 0.3 is 0 Å². The summed E-state index contributed by atoms with van der Waals surface area (Å²) in [6.07, 6.45) is 7.20. The third-order valence-electron chi connectivity index (χ3n) is 2.50. The average molecular weight is 241 g/mol. The molecule has 0 aliphatic carbocycles. The molecule has 0 unspecified atom stereocenters. The van der Waals surface area contributed by atoms with Crippen molar-refractivity contribution in [3.63, 3.8) is 0 Å². The van der Waals surface area contributed by atoms with Gasteiger partial charge in [0.1, 0.15) is 0 Å². The normalized spacial score (nSPS) is 13.0. The van der Waals surface area contributed by atoms with Gasteiger partial charge in [-0.15, -0.1) is 0 Å². The van der Waals surface area contributed by atoms with Gasteiger partial charge in [0.15, 0.2) is 11.2 Å². The first kappa shape index (κ1) is 12.3. The summed E-state index contributed by atoms with van der Waals surface area (Å²) in [6.45, 7) is 6.25. The number of oxazole rings is 1. The Morgan fingerprint density at radius 2 is 2.33 bits per heavy atom. The lowest BCUT2D eigenvalue weighted by molar-refractivity contribution is 0.585. The Labute approximate surface area is 106 Å². The van der Waals surface area contributed by atoms with Crippen molar-refractivity contribution < 1.29 is 4.42 Å². The molecule has 0 radical (unpaired) electrons. The lowest BCUT2D eigenvalue weighted by Gasteiger charge is -1.94. The lowest BCUT2D eigenvalue weighted by atomic mass is 10.2. The SMILES string of the molecule is C=C/C(=C\C=C(/C)CN)c1nc2ncccc2o1. The number of nitrogens with two attached hydrogens (primary N) is 1. The molecule has 0 amide bonds. The van der Waals surface area contributed by atoms with Gasteiger partial charge in [-0.25, -0.2) is 4.98 Å². The van der Waals surface area contributed by atoms with Crippen molar-refractivity contribution in [3.8, 4) is 0 Å². The third-order valence-corrected chi connectivity index (χ3v) is 2.50. The van der Waals surface area contributed by atoms with Crippen molar-refractivity contribution in [2.75, 3.05) is 6.54 Å². The van der Waals surface area contributed by atoms with Crippen molar-refractivity contribution >= 4 is 16.8 Å². The number of rotatable bonds is 4. The van der Waals surface area contributed by atoms with Crippen LogP contribution in [0.25, 0.3) is 16.8 Å². The Bertz CT molecular complexity index is 590. The summed E-state index contributed by atoms with van der Waals surface area (Å²) in [5.74, 6) is 0.514. The summed E-state index contributed by atoms with van der Waals surface area (Å²) >= 11 is 0. The van der Waals surface area contributed by atoms with Gasteiger partial charge in [-0.05, 0) is 25.1 Å². The van der Waals surface area contributed by atoms with Crippen LogP contribution in [0, 0.1) is 0 Å². The molecule has 4 nitrogen and oxygen atoms in total. The second-order valence-electron chi connectivity index (χ2n) is 3.89. The Morgan fingerprint density at radius 3 is 3.00 bits per heavy atom. The van der Waals surface area contributed by atoms with E-state index in [1.54, 1.807) is 12.3 Å². The van der Waals surface area contributed by atoms with Crippen molar-refractivity contribution in [1.82, 2.24) is 9.97 Å². The fourth-order valence-corrected chi connectivity index (χ4v) is 1.42. The summed E-state index contributed by atoms with van der Waals surface area (Å²) in [6, 6.07) is 3.65. The van der Waals surface area contributed by atoms with Crippen LogP contribution in [0.15, 0.2) is 53.1 Å². The Morgan fingerprint density at radius 1 is 1.50 bits per heavy atom. The van der Waals surface area contributed by atoms with E-state index in [4.69, 9.17) is 10.2 Å². The van der Waals surface area contributed by atoms with Gasteiger partial charge in [-0.1, -0.05) is 24.3 Å². The van der Waals surface area contributed by atoms with Gasteiger partial charge in [0.25, 0.3) is 0 Å². The molecule has 4 heteroatoms. The number of aromatic nitrogens is 2. The zero-order valence-electron chi connectivity index (χ0n) is 10.3. The monoisotopic (exact) mass is 241 g/mol. The molecule has 0 aliphatic rings. The molecule has 18 heavy (non-hydrogen) atoms. The van der Waals surface area contributed by atoms with Gasteiger partial charge in [-0.3, -0.25) is 0 Å². The minimum atomic E-state index is 0.514. The van der Waals surface area contributed by atoms with E-state index >= 15 is 0 Å². The maximum Gasteiger partial charge on any atom is 0.228 e. The van der Waals surface area contributed by atoms with Crippen molar-refractivity contribution in [3.05, 3.63) is 54.6 Å². The van der Waals surface area contributed by atoms with E-state index in [1.165, 1.54) is 0 Å². The maximum absolute atomic E-state index is 5.61. The molecule has 0 fully saturated rings. The number of nitrogens with zero attached hydrogens (tertiary/aromatic N) is 2. The third kappa shape index (κ3) is 2.55. The van der Waals surface area contributed by atoms with Crippen LogP contribution in [0.1, 0.15) is 12.8 Å². The Balaban J connectivity index is 2.41. The first-order valence-corrected chi connectivity index (χ1v) is 5.66. The number of hydrogen-bond donors (Lipinski definition) is 1. The fraction of sp³-hybridized carbons (Fsp3) is 0.143. The molecule has 0 spiro atoms. The summed E-state index contributed by atoms with van der Waals surface area (Å²) < 4.78 is 5.61. The Kier molecular flexibility index (Phi) is 3.69. The molecule has 2 heterocycles. The molecule has 0 atom stereocenters. The fourth-order valence-electron chi connectivity index (χ4n) is 1.42. The van der Waals surface area contributed by atoms with E-state index in [0.717, 1.165) is 11.1 Å². The summed E-state index contributed by atoms with van der Waals surface area (Å²) in [5.41, 5.74) is 8.67. The number of allylic oxidation sites excluding steroid dienone is 4. The number of pyridine rings is 1. The van der Waals surface area contributed by atoms with Crippen LogP contribution < -0.4 is 5.73 Å². The van der Waals surface area contributed by atoms with Crippen LogP contribution in [0.2, 0.25) is 0 Å². The van der Waals surface area contributed by atoms with E-state index in [0.29, 0.717) is 23.7 Å². The zero-order valence-corrected chi connectivity index (χ0v) is 10.3. The van der Waals surface area contributed by atoms with Crippen LogP contribution >= 0.6 is 0 Å². The summed E-state index contributed by atoms with van der Waals surface area (Å²) in [7, 11) is 0. The van der Waals surface area contributed by atoms with Crippen molar-refractivity contribution in [1.29, 1.82) is 0 Å². The molecule has 2 rings (SSSR count). The predicted molar refractivity (Wildman–Crippen MR) is 72.8 cm³/mol. The van der Waals surface area contributed by atoms with E-state index in [2.05, 4.69) is 16.5 Å². The van der Waals surface area contributed by atoms with E-state index in [-0.39, 0.29) is 0 Å². The zero-order chi connectivity index (χ0) is 13.0. The quantitative estimate of drug-likeness (QED) is 0.836. The first-order chi connectivity index (χ1) is 8.74. The van der Waals surface area contributed by atoms with Gasteiger partial charge < -0.3 is 10.2 Å². The van der Waals surface area contributed by atoms with E-state index < -0.39 is 0 Å². The smallest absolute Gasteiger partial charge is 0.228 e. The second-order valence-corrected chi connectivity index (χ2v) is 3.89. The van der Waals surface area contributed by atoms with Gasteiger partial charge in [0.2, 0.25) is 5.89 Å². The average Bonchev–Trinajstić information content (AvgIpc) is 2.82. The largest absolute Gasteiger partial charge is 0.434 e. The topological polar surface area (TPSA) is 64.9 Å².